The summed E-state index contributed by atoms with van der Waals surface area (Å²) in [6, 6.07) is 7.93. The van der Waals surface area contributed by atoms with Crippen molar-refractivity contribution in [2.45, 2.75) is 18.9 Å². The van der Waals surface area contributed by atoms with Gasteiger partial charge >= 0.3 is 0 Å². The van der Waals surface area contributed by atoms with E-state index in [0.717, 1.165) is 23.3 Å². The summed E-state index contributed by atoms with van der Waals surface area (Å²) in [6.07, 6.45) is 1.53. The molecular weight excluding hydrogens is 443 g/mol. The van der Waals surface area contributed by atoms with E-state index in [1.165, 1.54) is 12.1 Å². The van der Waals surface area contributed by atoms with Gasteiger partial charge in [-0.3, -0.25) is 19.3 Å². The Morgan fingerprint density at radius 3 is 2.26 bits per heavy atom. The number of rotatable bonds is 5. The number of hydrogen-bond acceptors (Lipinski definition) is 5. The molecule has 2 aromatic carbocycles. The smallest absolute Gasteiger partial charge is 0.262 e. The van der Waals surface area contributed by atoms with Gasteiger partial charge < -0.3 is 14.4 Å². The third kappa shape index (κ3) is 3.72. The van der Waals surface area contributed by atoms with E-state index in [0.29, 0.717) is 18.0 Å². The Balaban J connectivity index is 1.58. The molecule has 2 aliphatic heterocycles. The first-order valence-electron chi connectivity index (χ1n) is 9.72. The first-order valence-corrected chi connectivity index (χ1v) is 10.5. The number of ether oxygens (including phenoxy) is 2. The highest BCUT2D eigenvalue weighted by molar-refractivity contribution is 6.43. The molecule has 0 saturated carbocycles. The fourth-order valence-corrected chi connectivity index (χ4v) is 4.47. The van der Waals surface area contributed by atoms with Crippen molar-refractivity contribution in [1.29, 1.82) is 0 Å². The summed E-state index contributed by atoms with van der Waals surface area (Å²) < 4.78 is 10.8. The number of nitrogens with zero attached hydrogens (tertiary/aromatic N) is 2. The number of carbonyl (C=O) groups excluding carboxylic acids is 3. The third-order valence-electron chi connectivity index (χ3n) is 5.67. The monoisotopic (exact) mass is 462 g/mol. The fraction of sp³-hybridized carbons (Fsp3) is 0.318. The minimum Gasteiger partial charge on any atom is -0.497 e. The van der Waals surface area contributed by atoms with Gasteiger partial charge in [0.2, 0.25) is 5.91 Å². The van der Waals surface area contributed by atoms with Crippen LogP contribution in [0, 0.1) is 0 Å². The zero-order valence-electron chi connectivity index (χ0n) is 17.0. The second kappa shape index (κ2) is 8.40. The molecule has 0 N–H and O–H groups in total. The highest BCUT2D eigenvalue weighted by atomic mass is 35.5. The Kier molecular flexibility index (Phi) is 5.81. The Morgan fingerprint density at radius 1 is 1.03 bits per heavy atom. The molecule has 0 aliphatic carbocycles. The molecule has 2 aromatic rings. The molecule has 2 aliphatic rings. The Bertz CT molecular complexity index is 1050. The highest BCUT2D eigenvalue weighted by Gasteiger charge is 2.40. The van der Waals surface area contributed by atoms with E-state index < -0.39 is 11.8 Å². The van der Waals surface area contributed by atoms with Gasteiger partial charge in [-0.15, -0.1) is 0 Å². The summed E-state index contributed by atoms with van der Waals surface area (Å²) in [6.45, 7) is 0.162. The van der Waals surface area contributed by atoms with Gasteiger partial charge in [-0.2, -0.15) is 0 Å². The fourth-order valence-electron chi connectivity index (χ4n) is 4.14. The minimum atomic E-state index is -0.554. The van der Waals surface area contributed by atoms with Gasteiger partial charge in [-0.05, 0) is 43.2 Å². The zero-order valence-corrected chi connectivity index (χ0v) is 18.5. The summed E-state index contributed by atoms with van der Waals surface area (Å²) >= 11 is 12.0. The lowest BCUT2D eigenvalue weighted by Crippen LogP contribution is -2.42. The van der Waals surface area contributed by atoms with E-state index in [1.807, 2.05) is 6.07 Å². The maximum absolute atomic E-state index is 13.2. The number of likely N-dealkylation sites (tertiary alicyclic amines) is 1. The van der Waals surface area contributed by atoms with E-state index in [1.54, 1.807) is 31.3 Å². The van der Waals surface area contributed by atoms with E-state index >= 15 is 0 Å². The van der Waals surface area contributed by atoms with E-state index in [-0.39, 0.29) is 39.7 Å². The van der Waals surface area contributed by atoms with Crippen molar-refractivity contribution < 1.29 is 23.9 Å². The van der Waals surface area contributed by atoms with Gasteiger partial charge in [0.25, 0.3) is 11.8 Å². The van der Waals surface area contributed by atoms with Crippen molar-refractivity contribution >= 4 is 40.9 Å². The number of carbonyl (C=O) groups is 3. The van der Waals surface area contributed by atoms with Gasteiger partial charge in [-0.25, -0.2) is 0 Å². The van der Waals surface area contributed by atoms with Crippen LogP contribution in [0.4, 0.5) is 0 Å². The third-order valence-corrected chi connectivity index (χ3v) is 6.40. The normalized spacial score (nSPS) is 17.9. The lowest BCUT2D eigenvalue weighted by Gasteiger charge is -2.28. The maximum atomic E-state index is 13.2. The molecule has 0 radical (unpaired) electrons. The second-order valence-electron chi connectivity index (χ2n) is 7.36. The van der Waals surface area contributed by atoms with Crippen LogP contribution in [0.5, 0.6) is 11.5 Å². The van der Waals surface area contributed by atoms with Gasteiger partial charge in [0.1, 0.15) is 18.0 Å². The molecule has 0 aromatic heterocycles. The number of methoxy groups -OCH3 is 2. The van der Waals surface area contributed by atoms with Crippen molar-refractivity contribution in [2.75, 3.05) is 27.3 Å². The molecule has 7 nitrogen and oxygen atoms in total. The van der Waals surface area contributed by atoms with Crippen LogP contribution in [0.1, 0.15) is 45.2 Å². The average molecular weight is 463 g/mol. The van der Waals surface area contributed by atoms with Gasteiger partial charge in [-0.1, -0.05) is 23.2 Å². The zero-order chi connectivity index (χ0) is 22.3. The maximum Gasteiger partial charge on any atom is 0.262 e. The van der Waals surface area contributed by atoms with Crippen LogP contribution in [-0.4, -0.2) is 54.8 Å². The van der Waals surface area contributed by atoms with Crippen LogP contribution in [0.15, 0.2) is 30.3 Å². The van der Waals surface area contributed by atoms with Gasteiger partial charge in [0.15, 0.2) is 0 Å². The van der Waals surface area contributed by atoms with Crippen LogP contribution in [0.2, 0.25) is 10.0 Å². The molecule has 0 bridgehead atoms. The number of halogens is 2. The number of hydrogen-bond donors (Lipinski definition) is 0. The molecule has 0 spiro atoms. The van der Waals surface area contributed by atoms with Crippen LogP contribution in [0.25, 0.3) is 0 Å². The van der Waals surface area contributed by atoms with Gasteiger partial charge in [0.05, 0.1) is 41.4 Å². The Morgan fingerprint density at radius 2 is 1.68 bits per heavy atom. The summed E-state index contributed by atoms with van der Waals surface area (Å²) in [5.74, 6) is -0.123. The average Bonchev–Trinajstić information content (AvgIpc) is 3.34. The topological polar surface area (TPSA) is 76.2 Å². The van der Waals surface area contributed by atoms with Crippen molar-refractivity contribution in [1.82, 2.24) is 9.80 Å². The molecule has 4 rings (SSSR count). The van der Waals surface area contributed by atoms with E-state index in [2.05, 4.69) is 0 Å². The van der Waals surface area contributed by atoms with Crippen molar-refractivity contribution in [3.8, 4) is 11.5 Å². The first kappa shape index (κ1) is 21.5. The lowest BCUT2D eigenvalue weighted by molar-refractivity contribution is -0.132. The van der Waals surface area contributed by atoms with Crippen LogP contribution < -0.4 is 9.47 Å². The first-order chi connectivity index (χ1) is 14.8. The minimum absolute atomic E-state index is 0.152. The number of benzene rings is 2. The molecule has 3 amide bonds. The molecule has 1 saturated heterocycles. The molecule has 162 valence electrons. The molecule has 9 heteroatoms. The lowest BCUT2D eigenvalue weighted by atomic mass is 10.0. The summed E-state index contributed by atoms with van der Waals surface area (Å²) in [5.41, 5.74) is 1.13. The molecular formula is C22H20Cl2N2O5. The van der Waals surface area contributed by atoms with E-state index in [9.17, 15) is 14.4 Å². The van der Waals surface area contributed by atoms with Crippen LogP contribution in [0.3, 0.4) is 0 Å². The number of fused-ring (bicyclic) bond motifs is 1. The molecule has 31 heavy (non-hydrogen) atoms. The Hall–Kier alpha value is -2.77. The molecule has 1 atom stereocenters. The second-order valence-corrected chi connectivity index (χ2v) is 8.18. The van der Waals surface area contributed by atoms with Crippen LogP contribution >= 0.6 is 23.2 Å². The summed E-state index contributed by atoms with van der Waals surface area (Å²) in [4.78, 5) is 41.3. The number of amides is 3. The van der Waals surface area contributed by atoms with Gasteiger partial charge in [0, 0.05) is 12.1 Å². The predicted octanol–water partition coefficient (Wildman–Crippen LogP) is 3.97. The van der Waals surface area contributed by atoms with Crippen LogP contribution in [-0.2, 0) is 4.79 Å². The number of imide groups is 1. The van der Waals surface area contributed by atoms with Crippen molar-refractivity contribution in [3.05, 3.63) is 57.1 Å². The molecule has 1 fully saturated rings. The molecule has 1 unspecified atom stereocenters. The quantitative estimate of drug-likeness (QED) is 0.628. The highest BCUT2D eigenvalue weighted by Crippen LogP contribution is 2.39. The summed E-state index contributed by atoms with van der Waals surface area (Å²) in [7, 11) is 3.14. The van der Waals surface area contributed by atoms with Crippen molar-refractivity contribution in [3.63, 3.8) is 0 Å². The Labute approximate surface area is 189 Å². The van der Waals surface area contributed by atoms with Crippen molar-refractivity contribution in [2.24, 2.45) is 0 Å². The molecule has 2 heterocycles. The summed E-state index contributed by atoms with van der Waals surface area (Å²) in [5, 5.41) is 0.360. The predicted molar refractivity (Wildman–Crippen MR) is 115 cm³/mol. The standard InChI is InChI=1S/C22H20Cl2N2O5/c1-30-12-5-6-19(31-2)15(8-12)18-4-3-7-25(18)20(27)11-26-21(28)13-9-16(23)17(24)10-14(13)22(26)29/h5-6,8-10,18H,3-4,7,11H2,1-2H3. The SMILES string of the molecule is COc1ccc(OC)c(C2CCCN2C(=O)CN2C(=O)c3cc(Cl)c(Cl)cc3C2=O)c1. The van der Waals surface area contributed by atoms with E-state index in [4.69, 9.17) is 32.7 Å². The largest absolute Gasteiger partial charge is 0.497 e.